The lowest BCUT2D eigenvalue weighted by molar-refractivity contribution is 0.198. The third-order valence-electron chi connectivity index (χ3n) is 5.04. The van der Waals surface area contributed by atoms with Gasteiger partial charge in [-0.2, -0.15) is 0 Å². The van der Waals surface area contributed by atoms with Crippen LogP contribution in [0.5, 0.6) is 0 Å². The summed E-state index contributed by atoms with van der Waals surface area (Å²) in [6, 6.07) is 1.54. The Morgan fingerprint density at radius 2 is 1.69 bits per heavy atom. The quantitative estimate of drug-likeness (QED) is 0.763. The second-order valence-electron chi connectivity index (χ2n) is 6.50. The molecule has 94 valence electrons. The Bertz CT molecular complexity index is 207. The van der Waals surface area contributed by atoms with E-state index in [4.69, 9.17) is 0 Å². The molecule has 2 rings (SSSR count). The van der Waals surface area contributed by atoms with Gasteiger partial charge in [-0.15, -0.1) is 0 Å². The zero-order valence-electron chi connectivity index (χ0n) is 11.3. The van der Waals surface area contributed by atoms with Crippen LogP contribution in [0.1, 0.15) is 65.7 Å². The summed E-state index contributed by atoms with van der Waals surface area (Å²) in [6.45, 7) is 7.27. The Kier molecular flexibility index (Phi) is 4.29. The minimum Gasteiger partial charge on any atom is -0.311 e. The standard InChI is InChI=1S/C15H29N/c1-11-8-9-12(2)15(10-11)16-13(3)14-6-4-5-7-14/h11-16H,4-10H2,1-3H3. The molecule has 0 spiro atoms. The molecule has 2 aliphatic carbocycles. The molecule has 0 heterocycles. The van der Waals surface area contributed by atoms with E-state index in [0.717, 1.165) is 29.8 Å². The van der Waals surface area contributed by atoms with E-state index in [2.05, 4.69) is 26.1 Å². The summed E-state index contributed by atoms with van der Waals surface area (Å²) in [4.78, 5) is 0. The topological polar surface area (TPSA) is 12.0 Å². The molecule has 0 amide bonds. The molecule has 0 aromatic heterocycles. The van der Waals surface area contributed by atoms with Gasteiger partial charge in [-0.25, -0.2) is 0 Å². The molecule has 1 N–H and O–H groups in total. The maximum absolute atomic E-state index is 3.94. The van der Waals surface area contributed by atoms with Crippen molar-refractivity contribution >= 4 is 0 Å². The van der Waals surface area contributed by atoms with Crippen LogP contribution in [0.4, 0.5) is 0 Å². The Labute approximate surface area is 101 Å². The van der Waals surface area contributed by atoms with E-state index in [1.165, 1.54) is 44.9 Å². The summed E-state index contributed by atoms with van der Waals surface area (Å²) in [5, 5.41) is 3.94. The van der Waals surface area contributed by atoms with Crippen molar-refractivity contribution in [2.24, 2.45) is 17.8 Å². The summed E-state index contributed by atoms with van der Waals surface area (Å²) in [5.41, 5.74) is 0. The van der Waals surface area contributed by atoms with Crippen molar-refractivity contribution in [3.63, 3.8) is 0 Å². The average molecular weight is 223 g/mol. The van der Waals surface area contributed by atoms with Crippen molar-refractivity contribution in [1.82, 2.24) is 5.32 Å². The van der Waals surface area contributed by atoms with Crippen molar-refractivity contribution in [3.05, 3.63) is 0 Å². The van der Waals surface area contributed by atoms with Crippen LogP contribution in [-0.4, -0.2) is 12.1 Å². The number of nitrogens with one attached hydrogen (secondary N) is 1. The molecule has 2 saturated carbocycles. The first-order valence-corrected chi connectivity index (χ1v) is 7.43. The van der Waals surface area contributed by atoms with E-state index in [-0.39, 0.29) is 0 Å². The fourth-order valence-electron chi connectivity index (χ4n) is 3.70. The van der Waals surface area contributed by atoms with Gasteiger partial charge in [0.1, 0.15) is 0 Å². The van der Waals surface area contributed by atoms with E-state index < -0.39 is 0 Å². The second kappa shape index (κ2) is 5.53. The lowest BCUT2D eigenvalue weighted by Gasteiger charge is -2.36. The highest BCUT2D eigenvalue weighted by Gasteiger charge is 2.29. The van der Waals surface area contributed by atoms with Gasteiger partial charge in [0.25, 0.3) is 0 Å². The maximum Gasteiger partial charge on any atom is 0.00978 e. The van der Waals surface area contributed by atoms with Crippen LogP contribution >= 0.6 is 0 Å². The molecule has 0 saturated heterocycles. The van der Waals surface area contributed by atoms with Gasteiger partial charge in [-0.3, -0.25) is 0 Å². The molecule has 0 aromatic carbocycles. The van der Waals surface area contributed by atoms with Gasteiger partial charge in [0, 0.05) is 12.1 Å². The second-order valence-corrected chi connectivity index (χ2v) is 6.50. The monoisotopic (exact) mass is 223 g/mol. The van der Waals surface area contributed by atoms with Crippen molar-refractivity contribution in [2.75, 3.05) is 0 Å². The summed E-state index contributed by atoms with van der Waals surface area (Å²) in [5.74, 6) is 2.79. The predicted octanol–water partition coefficient (Wildman–Crippen LogP) is 3.98. The summed E-state index contributed by atoms with van der Waals surface area (Å²) >= 11 is 0. The van der Waals surface area contributed by atoms with Crippen LogP contribution in [0.15, 0.2) is 0 Å². The third kappa shape index (κ3) is 3.00. The number of hydrogen-bond donors (Lipinski definition) is 1. The largest absolute Gasteiger partial charge is 0.311 e. The van der Waals surface area contributed by atoms with E-state index in [0.29, 0.717) is 0 Å². The summed E-state index contributed by atoms with van der Waals surface area (Å²) in [7, 11) is 0. The third-order valence-corrected chi connectivity index (χ3v) is 5.04. The Hall–Kier alpha value is -0.0400. The van der Waals surface area contributed by atoms with E-state index in [9.17, 15) is 0 Å². The molecule has 0 aromatic rings. The Morgan fingerprint density at radius 1 is 1.00 bits per heavy atom. The first-order valence-electron chi connectivity index (χ1n) is 7.43. The zero-order chi connectivity index (χ0) is 11.5. The van der Waals surface area contributed by atoms with Crippen molar-refractivity contribution in [2.45, 2.75) is 77.8 Å². The van der Waals surface area contributed by atoms with E-state index in [1.807, 2.05) is 0 Å². The fourth-order valence-corrected chi connectivity index (χ4v) is 3.70. The van der Waals surface area contributed by atoms with Gasteiger partial charge < -0.3 is 5.32 Å². The fraction of sp³-hybridized carbons (Fsp3) is 1.00. The predicted molar refractivity (Wildman–Crippen MR) is 70.5 cm³/mol. The number of rotatable bonds is 3. The Morgan fingerprint density at radius 3 is 2.38 bits per heavy atom. The molecule has 4 unspecified atom stereocenters. The molecule has 1 heteroatoms. The smallest absolute Gasteiger partial charge is 0.00978 e. The molecule has 2 aliphatic rings. The highest BCUT2D eigenvalue weighted by molar-refractivity contribution is 4.86. The van der Waals surface area contributed by atoms with Crippen LogP contribution in [0.25, 0.3) is 0 Å². The Balaban J connectivity index is 1.82. The molecular formula is C15H29N. The molecule has 1 nitrogen and oxygen atoms in total. The van der Waals surface area contributed by atoms with Gasteiger partial charge in [-0.1, -0.05) is 33.1 Å². The molecule has 0 bridgehead atoms. The molecule has 0 aliphatic heterocycles. The minimum atomic E-state index is 0.750. The molecular weight excluding hydrogens is 194 g/mol. The highest BCUT2D eigenvalue weighted by atomic mass is 15.0. The zero-order valence-corrected chi connectivity index (χ0v) is 11.3. The van der Waals surface area contributed by atoms with Gasteiger partial charge >= 0.3 is 0 Å². The van der Waals surface area contributed by atoms with E-state index >= 15 is 0 Å². The molecule has 16 heavy (non-hydrogen) atoms. The highest BCUT2D eigenvalue weighted by Crippen LogP contribution is 2.32. The van der Waals surface area contributed by atoms with Crippen molar-refractivity contribution in [3.8, 4) is 0 Å². The van der Waals surface area contributed by atoms with Gasteiger partial charge in [0.05, 0.1) is 0 Å². The maximum atomic E-state index is 3.94. The SMILES string of the molecule is CC1CCC(C)C(NC(C)C2CCCC2)C1. The van der Waals surface area contributed by atoms with Gasteiger partial charge in [0.2, 0.25) is 0 Å². The van der Waals surface area contributed by atoms with Gasteiger partial charge in [-0.05, 0) is 50.4 Å². The summed E-state index contributed by atoms with van der Waals surface area (Å²) in [6.07, 6.45) is 10.1. The van der Waals surface area contributed by atoms with Crippen molar-refractivity contribution in [1.29, 1.82) is 0 Å². The molecule has 4 atom stereocenters. The van der Waals surface area contributed by atoms with Crippen LogP contribution in [0, 0.1) is 17.8 Å². The minimum absolute atomic E-state index is 0.750. The van der Waals surface area contributed by atoms with Crippen LogP contribution in [0.2, 0.25) is 0 Å². The average Bonchev–Trinajstić information content (AvgIpc) is 2.76. The van der Waals surface area contributed by atoms with E-state index in [1.54, 1.807) is 0 Å². The first-order chi connectivity index (χ1) is 7.66. The first kappa shape index (κ1) is 12.4. The van der Waals surface area contributed by atoms with Crippen LogP contribution in [0.3, 0.4) is 0 Å². The molecule has 2 fully saturated rings. The lowest BCUT2D eigenvalue weighted by Crippen LogP contribution is -2.46. The number of hydrogen-bond acceptors (Lipinski definition) is 1. The lowest BCUT2D eigenvalue weighted by atomic mass is 9.79. The van der Waals surface area contributed by atoms with Crippen LogP contribution < -0.4 is 5.32 Å². The van der Waals surface area contributed by atoms with Gasteiger partial charge in [0.15, 0.2) is 0 Å². The normalized spacial score (nSPS) is 38.8. The molecule has 0 radical (unpaired) electrons. The summed E-state index contributed by atoms with van der Waals surface area (Å²) < 4.78 is 0. The van der Waals surface area contributed by atoms with Crippen molar-refractivity contribution < 1.29 is 0 Å². The van der Waals surface area contributed by atoms with Crippen LogP contribution in [-0.2, 0) is 0 Å².